The van der Waals surface area contributed by atoms with Crippen molar-refractivity contribution in [3.05, 3.63) is 34.9 Å². The van der Waals surface area contributed by atoms with Crippen molar-refractivity contribution in [2.75, 3.05) is 18.4 Å². The summed E-state index contributed by atoms with van der Waals surface area (Å²) in [6.45, 7) is 2.30. The molecule has 1 aliphatic rings. The number of pyridine rings is 1. The molecule has 0 radical (unpaired) electrons. The molecule has 0 bridgehead atoms. The number of anilines is 1. The number of carbonyl (C=O) groups is 2. The molecule has 120 valence electrons. The number of halogens is 1. The number of para-hydroxylation sites is 1. The molecule has 23 heavy (non-hydrogen) atoms. The highest BCUT2D eigenvalue weighted by Crippen LogP contribution is 2.31. The number of nitrogens with zero attached hydrogens (tertiary/aromatic N) is 2. The molecule has 3 rings (SSSR count). The summed E-state index contributed by atoms with van der Waals surface area (Å²) in [7, 11) is 0. The summed E-state index contributed by atoms with van der Waals surface area (Å²) >= 11 is 3.37. The number of likely N-dealkylation sites (tertiary alicyclic amines) is 1. The second kappa shape index (κ2) is 5.81. The number of aliphatic carboxylic acids is 1. The Morgan fingerprint density at radius 1 is 1.43 bits per heavy atom. The van der Waals surface area contributed by atoms with Crippen LogP contribution in [0.4, 0.5) is 10.5 Å². The van der Waals surface area contributed by atoms with E-state index in [4.69, 9.17) is 0 Å². The molecule has 0 aliphatic carbocycles. The number of carbonyl (C=O) groups excluding carboxylic acids is 1. The van der Waals surface area contributed by atoms with Crippen LogP contribution in [0.15, 0.2) is 34.9 Å². The molecule has 1 atom stereocenters. The first-order valence-corrected chi connectivity index (χ1v) is 8.02. The lowest BCUT2D eigenvalue weighted by atomic mass is 9.90. The van der Waals surface area contributed by atoms with Gasteiger partial charge in [0.1, 0.15) is 0 Å². The van der Waals surface area contributed by atoms with Gasteiger partial charge >= 0.3 is 12.0 Å². The summed E-state index contributed by atoms with van der Waals surface area (Å²) in [5.74, 6) is -0.871. The van der Waals surface area contributed by atoms with Crippen LogP contribution in [-0.2, 0) is 4.79 Å². The number of carboxylic acid groups (broad SMARTS) is 1. The minimum Gasteiger partial charge on any atom is -0.481 e. The number of hydrogen-bond donors (Lipinski definition) is 2. The maximum absolute atomic E-state index is 12.4. The third-order valence-electron chi connectivity index (χ3n) is 4.20. The quantitative estimate of drug-likeness (QED) is 0.840. The van der Waals surface area contributed by atoms with Crippen molar-refractivity contribution in [3.8, 4) is 0 Å². The van der Waals surface area contributed by atoms with Crippen molar-refractivity contribution in [2.24, 2.45) is 5.41 Å². The molecular formula is C16H16BrN3O3. The van der Waals surface area contributed by atoms with Gasteiger partial charge in [-0.2, -0.15) is 0 Å². The fourth-order valence-corrected chi connectivity index (χ4v) is 3.09. The van der Waals surface area contributed by atoms with Crippen molar-refractivity contribution in [3.63, 3.8) is 0 Å². The van der Waals surface area contributed by atoms with Crippen LogP contribution in [0.1, 0.15) is 13.3 Å². The molecule has 0 saturated carbocycles. The molecule has 0 spiro atoms. The Bertz CT molecular complexity index is 795. The average Bonchev–Trinajstić information content (AvgIpc) is 2.91. The first-order chi connectivity index (χ1) is 10.9. The zero-order chi connectivity index (χ0) is 16.6. The number of urea groups is 1. The minimum absolute atomic E-state index is 0.206. The number of carboxylic acids is 1. The molecule has 2 amide bonds. The number of benzene rings is 1. The van der Waals surface area contributed by atoms with Gasteiger partial charge in [-0.25, -0.2) is 4.79 Å². The van der Waals surface area contributed by atoms with Crippen molar-refractivity contribution in [2.45, 2.75) is 13.3 Å². The predicted octanol–water partition coefficient (Wildman–Crippen LogP) is 3.33. The first-order valence-electron chi connectivity index (χ1n) is 7.23. The number of hydrogen-bond acceptors (Lipinski definition) is 3. The number of rotatable bonds is 2. The van der Waals surface area contributed by atoms with Gasteiger partial charge in [-0.3, -0.25) is 9.78 Å². The van der Waals surface area contributed by atoms with Crippen LogP contribution < -0.4 is 5.32 Å². The number of amides is 2. The van der Waals surface area contributed by atoms with Gasteiger partial charge in [-0.05, 0) is 41.4 Å². The zero-order valence-electron chi connectivity index (χ0n) is 12.5. The first kappa shape index (κ1) is 15.7. The fraction of sp³-hybridized carbons (Fsp3) is 0.312. The second-order valence-corrected chi connectivity index (χ2v) is 6.91. The van der Waals surface area contributed by atoms with Gasteiger partial charge in [0, 0.05) is 29.1 Å². The Morgan fingerprint density at radius 3 is 2.91 bits per heavy atom. The van der Waals surface area contributed by atoms with E-state index in [2.05, 4.69) is 26.2 Å². The van der Waals surface area contributed by atoms with Crippen LogP contribution in [0.2, 0.25) is 0 Å². The minimum atomic E-state index is -0.876. The summed E-state index contributed by atoms with van der Waals surface area (Å²) < 4.78 is 0.866. The van der Waals surface area contributed by atoms with E-state index in [1.807, 2.05) is 18.2 Å². The third-order valence-corrected chi connectivity index (χ3v) is 4.63. The standard InChI is InChI=1S/C16H16BrN3O3/c1-16(14(21)22)5-6-20(9-16)15(23)19-12-4-2-3-10-7-11(17)8-18-13(10)12/h2-4,7-8H,5-6,9H2,1H3,(H,19,23)(H,21,22). The molecule has 2 N–H and O–H groups in total. The highest BCUT2D eigenvalue weighted by Gasteiger charge is 2.42. The van der Waals surface area contributed by atoms with Gasteiger partial charge in [0.25, 0.3) is 0 Å². The van der Waals surface area contributed by atoms with E-state index in [-0.39, 0.29) is 12.6 Å². The second-order valence-electron chi connectivity index (χ2n) is 6.00. The predicted molar refractivity (Wildman–Crippen MR) is 90.4 cm³/mol. The van der Waals surface area contributed by atoms with E-state index >= 15 is 0 Å². The lowest BCUT2D eigenvalue weighted by Crippen LogP contribution is -2.37. The van der Waals surface area contributed by atoms with Crippen LogP contribution in [0.25, 0.3) is 10.9 Å². The van der Waals surface area contributed by atoms with Crippen molar-refractivity contribution < 1.29 is 14.7 Å². The lowest BCUT2D eigenvalue weighted by molar-refractivity contribution is -0.146. The van der Waals surface area contributed by atoms with Crippen LogP contribution in [0.5, 0.6) is 0 Å². The highest BCUT2D eigenvalue weighted by molar-refractivity contribution is 9.10. The molecule has 6 nitrogen and oxygen atoms in total. The van der Waals surface area contributed by atoms with Gasteiger partial charge in [0.15, 0.2) is 0 Å². The molecule has 1 saturated heterocycles. The smallest absolute Gasteiger partial charge is 0.321 e. The fourth-order valence-electron chi connectivity index (χ4n) is 2.74. The summed E-state index contributed by atoms with van der Waals surface area (Å²) in [5, 5.41) is 13.0. The topological polar surface area (TPSA) is 82.5 Å². The summed E-state index contributed by atoms with van der Waals surface area (Å²) in [4.78, 5) is 29.6. The van der Waals surface area contributed by atoms with Gasteiger partial charge in [-0.15, -0.1) is 0 Å². The van der Waals surface area contributed by atoms with Gasteiger partial charge in [0.05, 0.1) is 16.6 Å². The lowest BCUT2D eigenvalue weighted by Gasteiger charge is -2.20. The van der Waals surface area contributed by atoms with E-state index < -0.39 is 11.4 Å². The van der Waals surface area contributed by atoms with E-state index in [0.717, 1.165) is 9.86 Å². The van der Waals surface area contributed by atoms with Gasteiger partial charge in [-0.1, -0.05) is 12.1 Å². The Labute approximate surface area is 141 Å². The Kier molecular flexibility index (Phi) is 3.97. The van der Waals surface area contributed by atoms with E-state index in [9.17, 15) is 14.7 Å². The maximum atomic E-state index is 12.4. The van der Waals surface area contributed by atoms with E-state index in [1.54, 1.807) is 19.2 Å². The van der Waals surface area contributed by atoms with E-state index in [0.29, 0.717) is 24.2 Å². The van der Waals surface area contributed by atoms with Crippen LogP contribution in [0.3, 0.4) is 0 Å². The monoisotopic (exact) mass is 377 g/mol. The molecule has 2 aromatic rings. The highest BCUT2D eigenvalue weighted by atomic mass is 79.9. The van der Waals surface area contributed by atoms with Crippen LogP contribution >= 0.6 is 15.9 Å². The van der Waals surface area contributed by atoms with E-state index in [1.165, 1.54) is 4.90 Å². The summed E-state index contributed by atoms with van der Waals surface area (Å²) in [6.07, 6.45) is 2.13. The Hall–Kier alpha value is -2.15. The molecule has 1 aromatic heterocycles. The molecule has 1 unspecified atom stereocenters. The molecular weight excluding hydrogens is 362 g/mol. The van der Waals surface area contributed by atoms with Crippen molar-refractivity contribution in [1.82, 2.24) is 9.88 Å². The normalized spacial score (nSPS) is 20.7. The van der Waals surface area contributed by atoms with Gasteiger partial charge < -0.3 is 15.3 Å². The summed E-state index contributed by atoms with van der Waals surface area (Å²) in [6, 6.07) is 7.17. The molecule has 1 fully saturated rings. The maximum Gasteiger partial charge on any atom is 0.321 e. The largest absolute Gasteiger partial charge is 0.481 e. The van der Waals surface area contributed by atoms with Gasteiger partial charge in [0.2, 0.25) is 0 Å². The number of fused-ring (bicyclic) bond motifs is 1. The molecule has 7 heteroatoms. The summed E-state index contributed by atoms with van der Waals surface area (Å²) in [5.41, 5.74) is 0.437. The van der Waals surface area contributed by atoms with Crippen molar-refractivity contribution >= 4 is 44.5 Å². The third kappa shape index (κ3) is 3.01. The number of nitrogens with one attached hydrogen (secondary N) is 1. The Morgan fingerprint density at radius 2 is 2.22 bits per heavy atom. The molecule has 1 aromatic carbocycles. The van der Waals surface area contributed by atoms with Crippen LogP contribution in [-0.4, -0.2) is 40.1 Å². The zero-order valence-corrected chi connectivity index (χ0v) is 14.1. The Balaban J connectivity index is 1.80. The van der Waals surface area contributed by atoms with Crippen LogP contribution in [0, 0.1) is 5.41 Å². The average molecular weight is 378 g/mol. The van der Waals surface area contributed by atoms with Crippen molar-refractivity contribution in [1.29, 1.82) is 0 Å². The SMILES string of the molecule is CC1(C(=O)O)CCN(C(=O)Nc2cccc3cc(Br)cnc23)C1. The molecule has 1 aliphatic heterocycles. The molecule has 2 heterocycles. The number of aromatic nitrogens is 1.